The summed E-state index contributed by atoms with van der Waals surface area (Å²) in [6.07, 6.45) is 2.09. The molecule has 1 saturated heterocycles. The molecule has 1 aliphatic heterocycles. The summed E-state index contributed by atoms with van der Waals surface area (Å²) >= 11 is 0. The van der Waals surface area contributed by atoms with Gasteiger partial charge in [-0.05, 0) is 32.1 Å². The van der Waals surface area contributed by atoms with Crippen LogP contribution < -0.4 is 20.9 Å². The molecule has 1 aliphatic rings. The molecule has 0 aliphatic carbocycles. The molecular weight excluding hydrogens is 346 g/mol. The Morgan fingerprint density at radius 3 is 2.44 bits per heavy atom. The smallest absolute Gasteiger partial charge is 0.353 e. The van der Waals surface area contributed by atoms with Gasteiger partial charge in [-0.25, -0.2) is 0 Å². The van der Waals surface area contributed by atoms with E-state index in [1.807, 2.05) is 4.90 Å². The van der Waals surface area contributed by atoms with E-state index in [9.17, 15) is 10.1 Å². The van der Waals surface area contributed by atoms with Crippen LogP contribution in [0.4, 0.5) is 23.3 Å². The highest BCUT2D eigenvalue weighted by molar-refractivity contribution is 5.71. The third-order valence-electron chi connectivity index (χ3n) is 5.23. The number of anilines is 3. The number of nitrogens with zero attached hydrogens (tertiary/aromatic N) is 4. The number of quaternary nitrogens is 1. The van der Waals surface area contributed by atoms with Crippen LogP contribution in [-0.2, 0) is 0 Å². The average molecular weight is 381 g/mol. The van der Waals surface area contributed by atoms with Crippen LogP contribution in [0.1, 0.15) is 40.5 Å². The zero-order valence-corrected chi connectivity index (χ0v) is 17.0. The highest BCUT2D eigenvalue weighted by Crippen LogP contribution is 2.35. The van der Waals surface area contributed by atoms with Gasteiger partial charge < -0.3 is 20.9 Å². The normalized spacial score (nSPS) is 20.1. The molecule has 0 aromatic carbocycles. The van der Waals surface area contributed by atoms with Crippen LogP contribution in [0.15, 0.2) is 0 Å². The zero-order valence-electron chi connectivity index (χ0n) is 17.0. The summed E-state index contributed by atoms with van der Waals surface area (Å²) in [5, 5.41) is 14.7. The zero-order chi connectivity index (χ0) is 20.0. The van der Waals surface area contributed by atoms with Gasteiger partial charge in [-0.3, -0.25) is 10.1 Å². The molecule has 0 spiro atoms. The molecule has 1 aromatic heterocycles. The lowest BCUT2D eigenvalue weighted by atomic mass is 9.92. The number of hydrogen-bond acceptors (Lipinski definition) is 7. The van der Waals surface area contributed by atoms with Crippen LogP contribution in [0.5, 0.6) is 0 Å². The number of nitrogens with one attached hydrogen (secondary N) is 2. The van der Waals surface area contributed by atoms with E-state index < -0.39 is 4.92 Å². The number of nitro groups is 1. The van der Waals surface area contributed by atoms with E-state index in [0.29, 0.717) is 30.1 Å². The Morgan fingerprint density at radius 1 is 1.26 bits per heavy atom. The van der Waals surface area contributed by atoms with Crippen LogP contribution >= 0.6 is 0 Å². The molecule has 0 amide bonds. The first-order chi connectivity index (χ1) is 12.8. The summed E-state index contributed by atoms with van der Waals surface area (Å²) in [4.78, 5) is 23.2. The minimum absolute atomic E-state index is 0.0762. The van der Waals surface area contributed by atoms with E-state index in [2.05, 4.69) is 43.0 Å². The fourth-order valence-corrected chi connectivity index (χ4v) is 3.91. The molecular formula is C18H34N7O2+. The summed E-state index contributed by atoms with van der Waals surface area (Å²) in [5.74, 6) is 1.54. The topological polar surface area (TPSA) is 115 Å². The largest absolute Gasteiger partial charge is 0.378 e. The second-order valence-electron chi connectivity index (χ2n) is 7.70. The van der Waals surface area contributed by atoms with Crippen molar-refractivity contribution >= 4 is 23.3 Å². The first-order valence-electron chi connectivity index (χ1n) is 9.99. The summed E-state index contributed by atoms with van der Waals surface area (Å²) in [6, 6.07) is 0. The van der Waals surface area contributed by atoms with Crippen molar-refractivity contribution in [3.8, 4) is 0 Å². The molecule has 152 valence electrons. The van der Waals surface area contributed by atoms with Crippen LogP contribution in [-0.4, -0.2) is 54.2 Å². The molecule has 2 heterocycles. The minimum atomic E-state index is -0.470. The van der Waals surface area contributed by atoms with Gasteiger partial charge in [0.1, 0.15) is 0 Å². The van der Waals surface area contributed by atoms with Crippen LogP contribution in [0.25, 0.3) is 0 Å². The van der Waals surface area contributed by atoms with Gasteiger partial charge in [0, 0.05) is 26.1 Å². The summed E-state index contributed by atoms with van der Waals surface area (Å²) in [6.45, 7) is 14.2. The Balaban J connectivity index is 2.15. The van der Waals surface area contributed by atoms with Crippen molar-refractivity contribution in [2.45, 2.75) is 40.5 Å². The lowest BCUT2D eigenvalue weighted by Crippen LogP contribution is -3.11. The summed E-state index contributed by atoms with van der Waals surface area (Å²) in [5.41, 5.74) is 5.75. The van der Waals surface area contributed by atoms with Crippen molar-refractivity contribution in [2.24, 2.45) is 11.8 Å². The van der Waals surface area contributed by atoms with Crippen molar-refractivity contribution < 1.29 is 9.82 Å². The fourth-order valence-electron chi connectivity index (χ4n) is 3.91. The fraction of sp³-hybridized carbons (Fsp3) is 0.778. The summed E-state index contributed by atoms with van der Waals surface area (Å²) in [7, 11) is 0. The van der Waals surface area contributed by atoms with Gasteiger partial charge in [-0.2, -0.15) is 9.97 Å². The monoisotopic (exact) mass is 380 g/mol. The van der Waals surface area contributed by atoms with E-state index in [-0.39, 0.29) is 11.5 Å². The lowest BCUT2D eigenvalue weighted by Gasteiger charge is -2.35. The molecule has 0 unspecified atom stereocenters. The molecule has 9 heteroatoms. The highest BCUT2D eigenvalue weighted by Gasteiger charge is 2.31. The van der Waals surface area contributed by atoms with Crippen molar-refractivity contribution in [1.29, 1.82) is 0 Å². The second-order valence-corrected chi connectivity index (χ2v) is 7.70. The predicted octanol–water partition coefficient (Wildman–Crippen LogP) is 1.18. The van der Waals surface area contributed by atoms with Gasteiger partial charge in [0.15, 0.2) is 0 Å². The number of piperidine rings is 1. The molecule has 27 heavy (non-hydrogen) atoms. The quantitative estimate of drug-likeness (QED) is 0.335. The second kappa shape index (κ2) is 9.68. The Bertz CT molecular complexity index is 626. The first-order valence-corrected chi connectivity index (χ1v) is 9.99. The molecule has 0 bridgehead atoms. The number of rotatable bonds is 9. The molecule has 1 aromatic rings. The maximum absolute atomic E-state index is 11.6. The van der Waals surface area contributed by atoms with E-state index in [4.69, 9.17) is 5.73 Å². The lowest BCUT2D eigenvalue weighted by molar-refractivity contribution is -0.896. The maximum atomic E-state index is 11.6. The van der Waals surface area contributed by atoms with Crippen molar-refractivity contribution in [2.75, 3.05) is 55.2 Å². The number of nitrogens with two attached hydrogens (primary N) is 1. The molecule has 1 fully saturated rings. The first kappa shape index (κ1) is 21.1. The molecule has 0 saturated carbocycles. The average Bonchev–Trinajstić information content (AvgIpc) is 2.60. The third kappa shape index (κ3) is 5.66. The number of aromatic nitrogens is 2. The Hall–Kier alpha value is -2.16. The van der Waals surface area contributed by atoms with Gasteiger partial charge in [0.05, 0.1) is 24.6 Å². The van der Waals surface area contributed by atoms with Crippen molar-refractivity contribution in [3.63, 3.8) is 0 Å². The third-order valence-corrected chi connectivity index (χ3v) is 5.23. The van der Waals surface area contributed by atoms with Gasteiger partial charge in [-0.1, -0.05) is 13.8 Å². The maximum Gasteiger partial charge on any atom is 0.353 e. The molecule has 9 nitrogen and oxygen atoms in total. The van der Waals surface area contributed by atoms with Gasteiger partial charge in [0.2, 0.25) is 17.6 Å². The van der Waals surface area contributed by atoms with Crippen molar-refractivity contribution in [1.82, 2.24) is 9.97 Å². The molecule has 4 N–H and O–H groups in total. The SMILES string of the molecule is CC[NH+](CC)CCCNc1nc(N)c([N+](=O)[O-])c(N2C[C@H](C)C[C@@H](C)C2)n1. The predicted molar refractivity (Wildman–Crippen MR) is 108 cm³/mol. The number of hydrogen-bond donors (Lipinski definition) is 3. The van der Waals surface area contributed by atoms with Gasteiger partial charge in [0.25, 0.3) is 0 Å². The number of nitrogen functional groups attached to an aromatic ring is 1. The minimum Gasteiger partial charge on any atom is -0.378 e. The van der Waals surface area contributed by atoms with E-state index >= 15 is 0 Å². The van der Waals surface area contributed by atoms with Crippen LogP contribution in [0, 0.1) is 22.0 Å². The Labute approximate surface area is 161 Å². The molecule has 2 rings (SSSR count). The van der Waals surface area contributed by atoms with Gasteiger partial charge in [-0.15, -0.1) is 0 Å². The Kier molecular flexibility index (Phi) is 7.58. The van der Waals surface area contributed by atoms with E-state index in [1.54, 1.807) is 0 Å². The van der Waals surface area contributed by atoms with Crippen LogP contribution in [0.3, 0.4) is 0 Å². The summed E-state index contributed by atoms with van der Waals surface area (Å²) < 4.78 is 0. The van der Waals surface area contributed by atoms with Crippen LogP contribution in [0.2, 0.25) is 0 Å². The molecule has 2 atom stereocenters. The van der Waals surface area contributed by atoms with E-state index in [0.717, 1.165) is 45.6 Å². The highest BCUT2D eigenvalue weighted by atomic mass is 16.6. The standard InChI is InChI=1S/C18H33N7O2/c1-5-23(6-2)9-7-8-20-18-21-16(19)15(25(26)27)17(22-18)24-11-13(3)10-14(4)12-24/h13-14H,5-12H2,1-4H3,(H3,19,20,21,22)/p+1/t13-,14-/m1/s1. The van der Waals surface area contributed by atoms with Gasteiger partial charge >= 0.3 is 5.69 Å². The van der Waals surface area contributed by atoms with E-state index in [1.165, 1.54) is 4.90 Å². The molecule has 0 radical (unpaired) electrons. The Morgan fingerprint density at radius 2 is 1.89 bits per heavy atom. The van der Waals surface area contributed by atoms with Crippen molar-refractivity contribution in [3.05, 3.63) is 10.1 Å².